The first kappa shape index (κ1) is 23.7. The van der Waals surface area contributed by atoms with Gasteiger partial charge in [0.1, 0.15) is 11.1 Å². The van der Waals surface area contributed by atoms with Crippen molar-refractivity contribution in [3.63, 3.8) is 0 Å². The predicted molar refractivity (Wildman–Crippen MR) is 174 cm³/mol. The van der Waals surface area contributed by atoms with Crippen LogP contribution in [0.1, 0.15) is 0 Å². The van der Waals surface area contributed by atoms with Crippen molar-refractivity contribution in [3.8, 4) is 34.2 Å². The number of rotatable bonds is 3. The van der Waals surface area contributed by atoms with E-state index >= 15 is 0 Å². The molecule has 43 heavy (non-hydrogen) atoms. The molecule has 0 radical (unpaired) electrons. The third-order valence-corrected chi connectivity index (χ3v) is 8.17. The Kier molecular flexibility index (Phi) is 5.13. The second kappa shape index (κ2) is 9.29. The molecule has 0 unspecified atom stereocenters. The topological polar surface area (TPSA) is 64.7 Å². The molecule has 0 N–H and O–H groups in total. The molecule has 0 saturated heterocycles. The van der Waals surface area contributed by atoms with E-state index in [1.54, 1.807) is 6.20 Å². The number of hydrogen-bond acceptors (Lipinski definition) is 5. The minimum atomic E-state index is 0.575. The van der Waals surface area contributed by atoms with Crippen LogP contribution < -0.4 is 0 Å². The van der Waals surface area contributed by atoms with E-state index in [1.165, 1.54) is 21.5 Å². The number of nitrogens with zero attached hydrogens (tertiary/aromatic N) is 4. The van der Waals surface area contributed by atoms with E-state index in [0.717, 1.165) is 49.5 Å². The molecule has 9 rings (SSSR count). The van der Waals surface area contributed by atoms with Gasteiger partial charge in [0.05, 0.1) is 5.39 Å². The number of furan rings is 1. The Balaban J connectivity index is 1.37. The molecule has 0 aliphatic rings. The second-order valence-corrected chi connectivity index (χ2v) is 10.7. The van der Waals surface area contributed by atoms with E-state index in [1.807, 2.05) is 60.7 Å². The number of pyridine rings is 1. The highest BCUT2D eigenvalue weighted by atomic mass is 16.3. The third kappa shape index (κ3) is 3.72. The Morgan fingerprint density at radius 2 is 1.09 bits per heavy atom. The number of hydrogen-bond donors (Lipinski definition) is 0. The molecule has 6 aromatic carbocycles. The summed E-state index contributed by atoms with van der Waals surface area (Å²) in [5, 5.41) is 7.97. The Labute approximate surface area is 246 Å². The van der Waals surface area contributed by atoms with Crippen molar-refractivity contribution in [1.82, 2.24) is 19.9 Å². The maximum absolute atomic E-state index is 6.15. The van der Waals surface area contributed by atoms with Crippen LogP contribution in [0.5, 0.6) is 0 Å². The zero-order chi connectivity index (χ0) is 28.3. The van der Waals surface area contributed by atoms with Gasteiger partial charge in [-0.2, -0.15) is 0 Å². The Morgan fingerprint density at radius 3 is 1.98 bits per heavy atom. The zero-order valence-corrected chi connectivity index (χ0v) is 22.9. The zero-order valence-electron chi connectivity index (χ0n) is 22.9. The van der Waals surface area contributed by atoms with Crippen LogP contribution in [-0.2, 0) is 0 Å². The van der Waals surface area contributed by atoms with Crippen LogP contribution in [0.3, 0.4) is 0 Å². The molecule has 5 heteroatoms. The van der Waals surface area contributed by atoms with Gasteiger partial charge in [-0.05, 0) is 45.1 Å². The molecule has 0 amide bonds. The standard InChI is InChI=1S/C38H22N4O/c1-2-10-25(11-3-1)36-40-37(42-38(41-36)30-15-7-16-31-34(30)35-32(43-31)17-8-22-39-35)29-14-6-12-24-19-20-27-26-13-5-4-9-23(26)18-21-28(27)33(24)29/h1-22H. The Morgan fingerprint density at radius 1 is 0.419 bits per heavy atom. The molecule has 0 fully saturated rings. The molecule has 0 bridgehead atoms. The lowest BCUT2D eigenvalue weighted by molar-refractivity contribution is 0.668. The molecule has 0 atom stereocenters. The highest BCUT2D eigenvalue weighted by Crippen LogP contribution is 2.39. The summed E-state index contributed by atoms with van der Waals surface area (Å²) < 4.78 is 6.15. The van der Waals surface area contributed by atoms with E-state index in [2.05, 4.69) is 71.7 Å². The average molecular weight is 551 g/mol. The van der Waals surface area contributed by atoms with Crippen LogP contribution in [0.2, 0.25) is 0 Å². The van der Waals surface area contributed by atoms with Crippen molar-refractivity contribution in [2.75, 3.05) is 0 Å². The molecule has 3 aromatic heterocycles. The fraction of sp³-hybridized carbons (Fsp3) is 0. The summed E-state index contributed by atoms with van der Waals surface area (Å²) in [6.07, 6.45) is 1.78. The third-order valence-electron chi connectivity index (χ3n) is 8.17. The Hall–Kier alpha value is -5.94. The van der Waals surface area contributed by atoms with Crippen molar-refractivity contribution in [3.05, 3.63) is 134 Å². The van der Waals surface area contributed by atoms with E-state index < -0.39 is 0 Å². The van der Waals surface area contributed by atoms with Gasteiger partial charge in [-0.25, -0.2) is 15.0 Å². The van der Waals surface area contributed by atoms with E-state index in [4.69, 9.17) is 19.4 Å². The second-order valence-electron chi connectivity index (χ2n) is 10.7. The van der Waals surface area contributed by atoms with Crippen molar-refractivity contribution in [2.24, 2.45) is 0 Å². The first-order valence-electron chi connectivity index (χ1n) is 14.2. The van der Waals surface area contributed by atoms with Crippen LogP contribution in [-0.4, -0.2) is 19.9 Å². The first-order valence-corrected chi connectivity index (χ1v) is 14.2. The highest BCUT2D eigenvalue weighted by Gasteiger charge is 2.19. The molecule has 5 nitrogen and oxygen atoms in total. The van der Waals surface area contributed by atoms with Crippen LogP contribution in [0.4, 0.5) is 0 Å². The van der Waals surface area contributed by atoms with Crippen LogP contribution in [0.15, 0.2) is 138 Å². The maximum atomic E-state index is 6.15. The normalized spacial score (nSPS) is 11.7. The molecule has 0 saturated carbocycles. The molecule has 0 aliphatic heterocycles. The fourth-order valence-corrected chi connectivity index (χ4v) is 6.22. The molecule has 0 aliphatic carbocycles. The van der Waals surface area contributed by atoms with Gasteiger partial charge in [0, 0.05) is 28.3 Å². The van der Waals surface area contributed by atoms with Crippen LogP contribution >= 0.6 is 0 Å². The minimum absolute atomic E-state index is 0.575. The van der Waals surface area contributed by atoms with E-state index in [0.29, 0.717) is 17.5 Å². The monoisotopic (exact) mass is 550 g/mol. The average Bonchev–Trinajstić information content (AvgIpc) is 3.47. The maximum Gasteiger partial charge on any atom is 0.164 e. The van der Waals surface area contributed by atoms with Gasteiger partial charge in [0.25, 0.3) is 0 Å². The lowest BCUT2D eigenvalue weighted by atomic mass is 9.94. The van der Waals surface area contributed by atoms with Crippen molar-refractivity contribution in [2.45, 2.75) is 0 Å². The summed E-state index contributed by atoms with van der Waals surface area (Å²) in [5.41, 5.74) is 5.01. The largest absolute Gasteiger partial charge is 0.454 e. The van der Waals surface area contributed by atoms with E-state index in [-0.39, 0.29) is 0 Å². The molecule has 200 valence electrons. The fourth-order valence-electron chi connectivity index (χ4n) is 6.22. The van der Waals surface area contributed by atoms with Gasteiger partial charge < -0.3 is 4.42 Å². The summed E-state index contributed by atoms with van der Waals surface area (Å²) in [6, 6.07) is 43.5. The number of fused-ring (bicyclic) bond motifs is 8. The first-order chi connectivity index (χ1) is 21.3. The van der Waals surface area contributed by atoms with E-state index in [9.17, 15) is 0 Å². The molecule has 0 spiro atoms. The van der Waals surface area contributed by atoms with Gasteiger partial charge in [-0.15, -0.1) is 0 Å². The molecule has 9 aromatic rings. The lowest BCUT2D eigenvalue weighted by Crippen LogP contribution is -2.01. The molecule has 3 heterocycles. The summed E-state index contributed by atoms with van der Waals surface area (Å²) in [6.45, 7) is 0. The van der Waals surface area contributed by atoms with Gasteiger partial charge in [0.2, 0.25) is 0 Å². The Bertz CT molecular complexity index is 2520. The molecular formula is C38H22N4O. The van der Waals surface area contributed by atoms with Crippen molar-refractivity contribution in [1.29, 1.82) is 0 Å². The van der Waals surface area contributed by atoms with Crippen LogP contribution in [0, 0.1) is 0 Å². The summed E-state index contributed by atoms with van der Waals surface area (Å²) >= 11 is 0. The smallest absolute Gasteiger partial charge is 0.164 e. The number of benzene rings is 6. The SMILES string of the molecule is c1ccc(-c2nc(-c3cccc4ccc5c6ccccc6ccc5c34)nc(-c3cccc4oc5cccnc5c34)n2)cc1. The minimum Gasteiger partial charge on any atom is -0.454 e. The summed E-state index contributed by atoms with van der Waals surface area (Å²) in [7, 11) is 0. The summed E-state index contributed by atoms with van der Waals surface area (Å²) in [5.74, 6) is 1.81. The van der Waals surface area contributed by atoms with Gasteiger partial charge in [-0.3, -0.25) is 4.98 Å². The summed E-state index contributed by atoms with van der Waals surface area (Å²) in [4.78, 5) is 19.9. The van der Waals surface area contributed by atoms with Gasteiger partial charge in [-0.1, -0.05) is 109 Å². The van der Waals surface area contributed by atoms with Crippen LogP contribution in [0.25, 0.3) is 88.5 Å². The van der Waals surface area contributed by atoms with Crippen molar-refractivity contribution >= 4 is 54.4 Å². The lowest BCUT2D eigenvalue weighted by Gasteiger charge is -2.13. The highest BCUT2D eigenvalue weighted by molar-refractivity contribution is 6.20. The number of aromatic nitrogens is 4. The van der Waals surface area contributed by atoms with Gasteiger partial charge in [0.15, 0.2) is 23.1 Å². The van der Waals surface area contributed by atoms with Gasteiger partial charge >= 0.3 is 0 Å². The molecular weight excluding hydrogens is 528 g/mol. The predicted octanol–water partition coefficient (Wildman–Crippen LogP) is 9.63. The quantitative estimate of drug-likeness (QED) is 0.205. The van der Waals surface area contributed by atoms with Crippen molar-refractivity contribution < 1.29 is 4.42 Å².